The fourth-order valence-electron chi connectivity index (χ4n) is 1.38. The number of alkyl halides is 9. The average Bonchev–Trinajstić information content (AvgIpc) is 2.30. The van der Waals surface area contributed by atoms with E-state index in [1.165, 1.54) is 20.8 Å². The monoisotopic (exact) mass is 377 g/mol. The van der Waals surface area contributed by atoms with Gasteiger partial charge in [0.05, 0.1) is 0 Å². The van der Waals surface area contributed by atoms with Crippen molar-refractivity contribution in [2.24, 2.45) is 0 Å². The molecule has 12 heteroatoms. The maximum Gasteiger partial charge on any atom is 0.460 e. The maximum absolute atomic E-state index is 13.1. The highest BCUT2D eigenvalue weighted by atomic mass is 19.4. The van der Waals surface area contributed by atoms with Crippen LogP contribution in [0.1, 0.15) is 33.6 Å². The van der Waals surface area contributed by atoms with Crippen LogP contribution in [-0.2, 0) is 4.74 Å². The Bertz CT molecular complexity index is 441. The molecule has 1 amide bonds. The Morgan fingerprint density at radius 1 is 0.875 bits per heavy atom. The highest BCUT2D eigenvalue weighted by Crippen LogP contribution is 2.54. The van der Waals surface area contributed by atoms with Crippen molar-refractivity contribution in [3.63, 3.8) is 0 Å². The minimum absolute atomic E-state index is 0.682. The van der Waals surface area contributed by atoms with Gasteiger partial charge < -0.3 is 10.1 Å². The standard InChI is InChI=1S/C12H16F9NO2/c1-8(2,3)24-7(23)22-6-4-5-9(13,14)10(15,16)11(17,18)12(19,20)21/h4-6H2,1-3H3,(H,22,23). The van der Waals surface area contributed by atoms with Crippen LogP contribution in [0.5, 0.6) is 0 Å². The number of halogens is 9. The number of amides is 1. The molecule has 24 heavy (non-hydrogen) atoms. The average molecular weight is 377 g/mol. The van der Waals surface area contributed by atoms with Crippen molar-refractivity contribution in [2.45, 2.75) is 63.2 Å². The summed E-state index contributed by atoms with van der Waals surface area (Å²) in [6, 6.07) is 0. The van der Waals surface area contributed by atoms with Crippen molar-refractivity contribution in [2.75, 3.05) is 6.54 Å². The fraction of sp³-hybridized carbons (Fsp3) is 0.917. The van der Waals surface area contributed by atoms with E-state index in [0.29, 0.717) is 0 Å². The van der Waals surface area contributed by atoms with Crippen LogP contribution >= 0.6 is 0 Å². The van der Waals surface area contributed by atoms with Gasteiger partial charge in [-0.1, -0.05) is 0 Å². The quantitative estimate of drug-likeness (QED) is 0.536. The second-order valence-electron chi connectivity index (χ2n) is 5.88. The highest BCUT2D eigenvalue weighted by molar-refractivity contribution is 5.67. The summed E-state index contributed by atoms with van der Waals surface area (Å²) < 4.78 is 118. The van der Waals surface area contributed by atoms with Crippen LogP contribution in [0, 0.1) is 0 Å². The van der Waals surface area contributed by atoms with Crippen LogP contribution in [0.4, 0.5) is 44.3 Å². The number of alkyl carbamates (subject to hydrolysis) is 1. The minimum atomic E-state index is -6.90. The Morgan fingerprint density at radius 2 is 1.33 bits per heavy atom. The summed E-state index contributed by atoms with van der Waals surface area (Å²) in [7, 11) is 0. The molecule has 0 unspecified atom stereocenters. The zero-order valence-electron chi connectivity index (χ0n) is 12.8. The molecule has 0 fully saturated rings. The van der Waals surface area contributed by atoms with Gasteiger partial charge in [-0.05, 0) is 27.2 Å². The first-order chi connectivity index (χ1) is 10.4. The van der Waals surface area contributed by atoms with Crippen LogP contribution in [0.3, 0.4) is 0 Å². The molecule has 144 valence electrons. The van der Waals surface area contributed by atoms with Gasteiger partial charge in [0.25, 0.3) is 0 Å². The topological polar surface area (TPSA) is 38.3 Å². The third-order valence-electron chi connectivity index (χ3n) is 2.55. The second kappa shape index (κ2) is 6.87. The molecule has 0 bridgehead atoms. The first-order valence-electron chi connectivity index (χ1n) is 6.52. The van der Waals surface area contributed by atoms with Gasteiger partial charge in [-0.3, -0.25) is 0 Å². The number of nitrogens with one attached hydrogen (secondary N) is 1. The minimum Gasteiger partial charge on any atom is -0.444 e. The van der Waals surface area contributed by atoms with E-state index in [9.17, 15) is 44.3 Å². The Morgan fingerprint density at radius 3 is 1.71 bits per heavy atom. The van der Waals surface area contributed by atoms with Crippen molar-refractivity contribution in [3.05, 3.63) is 0 Å². The van der Waals surface area contributed by atoms with E-state index in [1.807, 2.05) is 5.32 Å². The Hall–Kier alpha value is -1.36. The van der Waals surface area contributed by atoms with Crippen LogP contribution in [0.2, 0.25) is 0 Å². The van der Waals surface area contributed by atoms with Crippen LogP contribution < -0.4 is 5.32 Å². The molecule has 0 aromatic heterocycles. The van der Waals surface area contributed by atoms with E-state index in [-0.39, 0.29) is 0 Å². The van der Waals surface area contributed by atoms with Gasteiger partial charge in [0.2, 0.25) is 0 Å². The number of hydrogen-bond acceptors (Lipinski definition) is 2. The predicted octanol–water partition coefficient (Wildman–Crippen LogP) is 4.76. The third-order valence-corrected chi connectivity index (χ3v) is 2.55. The Balaban J connectivity index is 4.73. The Kier molecular flexibility index (Phi) is 6.48. The lowest BCUT2D eigenvalue weighted by Crippen LogP contribution is -2.60. The van der Waals surface area contributed by atoms with Gasteiger partial charge in [-0.25, -0.2) is 4.79 Å². The van der Waals surface area contributed by atoms with Crippen LogP contribution in [0.25, 0.3) is 0 Å². The van der Waals surface area contributed by atoms with Crippen molar-refractivity contribution < 1.29 is 49.0 Å². The zero-order chi connectivity index (χ0) is 19.6. The van der Waals surface area contributed by atoms with Gasteiger partial charge in [-0.2, -0.15) is 39.5 Å². The third kappa shape index (κ3) is 5.33. The lowest BCUT2D eigenvalue weighted by Gasteiger charge is -2.33. The molecule has 0 aliphatic carbocycles. The molecule has 0 rings (SSSR count). The summed E-state index contributed by atoms with van der Waals surface area (Å²) in [6.45, 7) is 3.74. The lowest BCUT2D eigenvalue weighted by atomic mass is 9.99. The molecule has 0 saturated carbocycles. The first-order valence-corrected chi connectivity index (χ1v) is 6.52. The van der Waals surface area contributed by atoms with Gasteiger partial charge in [0.1, 0.15) is 5.60 Å². The number of carbonyl (C=O) groups excluding carboxylic acids is 1. The molecule has 3 nitrogen and oxygen atoms in total. The summed E-state index contributed by atoms with van der Waals surface area (Å²) in [6.07, 6.45) is -10.9. The van der Waals surface area contributed by atoms with E-state index in [4.69, 9.17) is 0 Å². The molecular formula is C12H16F9NO2. The highest BCUT2D eigenvalue weighted by Gasteiger charge is 2.81. The van der Waals surface area contributed by atoms with Crippen molar-refractivity contribution in [3.8, 4) is 0 Å². The normalized spacial score (nSPS) is 14.5. The number of rotatable bonds is 6. The summed E-state index contributed by atoms with van der Waals surface area (Å²) in [5, 5.41) is 1.88. The largest absolute Gasteiger partial charge is 0.460 e. The summed E-state index contributed by atoms with van der Waals surface area (Å²) in [5.41, 5.74) is -0.935. The van der Waals surface area contributed by atoms with Gasteiger partial charge >= 0.3 is 30.0 Å². The van der Waals surface area contributed by atoms with Crippen molar-refractivity contribution in [1.29, 1.82) is 0 Å². The maximum atomic E-state index is 13.1. The van der Waals surface area contributed by atoms with Crippen LogP contribution in [0.15, 0.2) is 0 Å². The van der Waals surface area contributed by atoms with E-state index in [0.717, 1.165) is 0 Å². The molecule has 0 aromatic rings. The molecule has 0 aromatic carbocycles. The fourth-order valence-corrected chi connectivity index (χ4v) is 1.38. The summed E-state index contributed by atoms with van der Waals surface area (Å²) >= 11 is 0. The molecule has 0 aliphatic heterocycles. The second-order valence-corrected chi connectivity index (χ2v) is 5.88. The summed E-state index contributed by atoms with van der Waals surface area (Å²) in [5.74, 6) is -19.2. The van der Waals surface area contributed by atoms with E-state index < -0.39 is 55.0 Å². The van der Waals surface area contributed by atoms with Gasteiger partial charge in [0, 0.05) is 13.0 Å². The van der Waals surface area contributed by atoms with E-state index in [2.05, 4.69) is 4.74 Å². The number of hydrogen-bond donors (Lipinski definition) is 1. The molecule has 0 spiro atoms. The molecule has 0 saturated heterocycles. The van der Waals surface area contributed by atoms with Gasteiger partial charge in [-0.15, -0.1) is 0 Å². The SMILES string of the molecule is CC(C)(C)OC(=O)NCCCC(F)(F)C(F)(F)C(F)(F)C(F)(F)F. The van der Waals surface area contributed by atoms with Crippen LogP contribution in [-0.4, -0.2) is 42.2 Å². The number of carbonyl (C=O) groups is 1. The lowest BCUT2D eigenvalue weighted by molar-refractivity contribution is -0.396. The van der Waals surface area contributed by atoms with E-state index in [1.54, 1.807) is 0 Å². The predicted molar refractivity (Wildman–Crippen MR) is 64.4 cm³/mol. The molecule has 0 heterocycles. The van der Waals surface area contributed by atoms with Gasteiger partial charge in [0.15, 0.2) is 0 Å². The zero-order valence-corrected chi connectivity index (χ0v) is 12.8. The number of ether oxygens (including phenoxy) is 1. The molecule has 0 atom stereocenters. The van der Waals surface area contributed by atoms with E-state index >= 15 is 0 Å². The first kappa shape index (κ1) is 22.6. The molecule has 0 aliphatic rings. The molecule has 1 N–H and O–H groups in total. The van der Waals surface area contributed by atoms with Crippen molar-refractivity contribution in [1.82, 2.24) is 5.32 Å². The molecular weight excluding hydrogens is 361 g/mol. The Labute approximate surface area is 131 Å². The van der Waals surface area contributed by atoms with Crippen molar-refractivity contribution >= 4 is 6.09 Å². The summed E-state index contributed by atoms with van der Waals surface area (Å²) in [4.78, 5) is 11.1. The molecule has 0 radical (unpaired) electrons. The smallest absolute Gasteiger partial charge is 0.444 e.